The average molecular weight is 774 g/mol. The number of nitrogens with zero attached hydrogens (tertiary/aromatic N) is 5. The molecule has 16 nitrogen and oxygen atoms in total. The summed E-state index contributed by atoms with van der Waals surface area (Å²) in [6, 6.07) is 8.21. The van der Waals surface area contributed by atoms with Crippen LogP contribution < -0.4 is 30.9 Å². The van der Waals surface area contributed by atoms with Crippen LogP contribution in [0.15, 0.2) is 30.3 Å². The van der Waals surface area contributed by atoms with E-state index in [4.69, 9.17) is 15.5 Å². The van der Waals surface area contributed by atoms with Gasteiger partial charge in [-0.15, -0.1) is 0 Å². The molecule has 2 atom stereocenters. The van der Waals surface area contributed by atoms with Gasteiger partial charge in [-0.05, 0) is 62.1 Å². The van der Waals surface area contributed by atoms with Gasteiger partial charge >= 0.3 is 6.18 Å². The predicted molar refractivity (Wildman–Crippen MR) is 184 cm³/mol. The first kappa shape index (κ1) is 40.7. The topological polar surface area (TPSA) is 241 Å². The minimum absolute atomic E-state index is 0.00944. The van der Waals surface area contributed by atoms with Crippen molar-refractivity contribution in [3.8, 4) is 6.07 Å². The second-order valence-electron chi connectivity index (χ2n) is 12.7. The summed E-state index contributed by atoms with van der Waals surface area (Å²) in [6.45, 7) is 1.12. The third-order valence-corrected chi connectivity index (χ3v) is 11.0. The van der Waals surface area contributed by atoms with E-state index in [-0.39, 0.29) is 36.6 Å². The van der Waals surface area contributed by atoms with Crippen molar-refractivity contribution in [3.63, 3.8) is 0 Å². The van der Waals surface area contributed by atoms with E-state index in [2.05, 4.69) is 25.3 Å². The number of rotatable bonds is 16. The Labute approximate surface area is 300 Å². The van der Waals surface area contributed by atoms with Crippen LogP contribution in [-0.2, 0) is 42.3 Å². The molecule has 2 fully saturated rings. The number of carbonyl (C=O) groups is 2. The number of nitrogens with one attached hydrogen (secondary N) is 3. The molecule has 1 aromatic carbocycles. The molecular formula is C31H42F3N9O7S2. The van der Waals surface area contributed by atoms with E-state index in [0.29, 0.717) is 70.3 Å². The fourth-order valence-electron chi connectivity index (χ4n) is 6.05. The van der Waals surface area contributed by atoms with Gasteiger partial charge in [0.2, 0.25) is 27.7 Å². The first-order valence-corrected chi connectivity index (χ1v) is 19.9. The summed E-state index contributed by atoms with van der Waals surface area (Å²) in [7, 11) is -8.29. The number of alkyl halides is 3. The number of amides is 2. The van der Waals surface area contributed by atoms with Crippen molar-refractivity contribution >= 4 is 43.6 Å². The van der Waals surface area contributed by atoms with Gasteiger partial charge in [0.15, 0.2) is 0 Å². The predicted octanol–water partition coefficient (Wildman–Crippen LogP) is 0.552. The van der Waals surface area contributed by atoms with Crippen LogP contribution in [0.2, 0.25) is 0 Å². The van der Waals surface area contributed by atoms with Crippen molar-refractivity contribution in [2.75, 3.05) is 60.6 Å². The highest BCUT2D eigenvalue weighted by molar-refractivity contribution is 7.89. The van der Waals surface area contributed by atoms with Gasteiger partial charge in [-0.3, -0.25) is 14.1 Å². The number of sulfonamides is 1. The maximum absolute atomic E-state index is 14.0. The van der Waals surface area contributed by atoms with Crippen LogP contribution >= 0.6 is 0 Å². The second kappa shape index (κ2) is 17.6. The van der Waals surface area contributed by atoms with Crippen LogP contribution in [0.3, 0.4) is 0 Å². The number of nitriles is 1. The lowest BCUT2D eigenvalue weighted by atomic mass is 9.94. The lowest BCUT2D eigenvalue weighted by Crippen LogP contribution is -2.46. The molecule has 2 saturated heterocycles. The highest BCUT2D eigenvalue weighted by Gasteiger charge is 2.39. The van der Waals surface area contributed by atoms with E-state index >= 15 is 0 Å². The summed E-state index contributed by atoms with van der Waals surface area (Å²) in [5.74, 6) is -3.90. The number of halogens is 3. The summed E-state index contributed by atoms with van der Waals surface area (Å²) < 4.78 is 99.6. The second-order valence-corrected chi connectivity index (χ2v) is 16.1. The summed E-state index contributed by atoms with van der Waals surface area (Å²) in [4.78, 5) is 35.9. The number of benzene rings is 1. The molecule has 2 aliphatic rings. The van der Waals surface area contributed by atoms with Crippen molar-refractivity contribution in [2.45, 2.75) is 56.8 Å². The molecule has 2 aromatic rings. The molecule has 286 valence electrons. The zero-order chi connectivity index (χ0) is 38.1. The Morgan fingerprint density at radius 3 is 2.31 bits per heavy atom. The number of piperidine rings is 1. The Hall–Kier alpha value is -4.10. The van der Waals surface area contributed by atoms with Gasteiger partial charge in [0.25, 0.3) is 10.1 Å². The third-order valence-electron chi connectivity index (χ3n) is 8.81. The Morgan fingerprint density at radius 1 is 1.00 bits per heavy atom. The van der Waals surface area contributed by atoms with E-state index in [1.807, 2.05) is 6.07 Å². The number of anilines is 2. The Morgan fingerprint density at radius 2 is 1.67 bits per heavy atom. The van der Waals surface area contributed by atoms with E-state index in [1.165, 1.54) is 6.07 Å². The molecule has 52 heavy (non-hydrogen) atoms. The number of carbonyl (C=O) groups excluding carboxylic acids is 2. The van der Waals surface area contributed by atoms with Gasteiger partial charge in [0.05, 0.1) is 23.1 Å². The Kier molecular flexibility index (Phi) is 13.8. The van der Waals surface area contributed by atoms with Crippen LogP contribution in [-0.4, -0.2) is 106 Å². The van der Waals surface area contributed by atoms with Crippen molar-refractivity contribution in [2.24, 2.45) is 11.7 Å². The zero-order valence-electron chi connectivity index (χ0n) is 28.2. The van der Waals surface area contributed by atoms with Gasteiger partial charge in [0.1, 0.15) is 23.7 Å². The smallest absolute Gasteiger partial charge is 0.356 e. The van der Waals surface area contributed by atoms with Crippen molar-refractivity contribution in [1.82, 2.24) is 25.3 Å². The Balaban J connectivity index is 1.29. The fraction of sp³-hybridized carbons (Fsp3) is 0.581. The molecule has 4 rings (SSSR count). The molecule has 0 aliphatic carbocycles. The molecule has 0 radical (unpaired) electrons. The first-order valence-electron chi connectivity index (χ1n) is 16.6. The largest absolute Gasteiger partial charge is 0.451 e. The molecule has 2 aliphatic heterocycles. The molecule has 0 spiro atoms. The minimum atomic E-state index is -4.83. The van der Waals surface area contributed by atoms with E-state index < -0.39 is 61.6 Å². The van der Waals surface area contributed by atoms with Crippen LogP contribution in [0.5, 0.6) is 0 Å². The standard InChI is InChI=1S/C31H42F3N9O7S2/c32-31(33,34)30-40-26(18-27(41-30)43-14-1-2-25(43)29(45)37-11-7-21-3-5-23(19-35)6-4-21)42-15-9-22(10-16-42)8-12-39-51(46,47)17-13-38-28(44)24(36)20-52(48,49)50/h3-6,18,22,24-25,39H,1-2,7-17,20,36H2,(H,37,45)(H,38,44)(H,48,49,50)/t24-,25-/m0/s1. The highest BCUT2D eigenvalue weighted by atomic mass is 32.2. The van der Waals surface area contributed by atoms with Crippen molar-refractivity contribution in [3.05, 3.63) is 47.3 Å². The van der Waals surface area contributed by atoms with Gasteiger partial charge in [-0.25, -0.2) is 23.1 Å². The number of hydrogen-bond donors (Lipinski definition) is 5. The number of hydrogen-bond acceptors (Lipinski definition) is 12. The van der Waals surface area contributed by atoms with E-state index in [9.17, 15) is 39.6 Å². The molecule has 0 saturated carbocycles. The maximum atomic E-state index is 14.0. The van der Waals surface area contributed by atoms with Crippen molar-refractivity contribution in [1.29, 1.82) is 5.26 Å². The zero-order valence-corrected chi connectivity index (χ0v) is 29.8. The molecule has 3 heterocycles. The molecule has 0 bridgehead atoms. The summed E-state index contributed by atoms with van der Waals surface area (Å²) in [5.41, 5.74) is 6.82. The van der Waals surface area contributed by atoms with Crippen LogP contribution in [0.1, 0.15) is 49.1 Å². The van der Waals surface area contributed by atoms with Crippen molar-refractivity contribution < 1.29 is 44.1 Å². The summed E-state index contributed by atoms with van der Waals surface area (Å²) in [5, 5.41) is 14.0. The highest BCUT2D eigenvalue weighted by Crippen LogP contribution is 2.34. The maximum Gasteiger partial charge on any atom is 0.451 e. The molecule has 1 aromatic heterocycles. The normalized spacial score (nSPS) is 17.8. The lowest BCUT2D eigenvalue weighted by Gasteiger charge is -2.34. The van der Waals surface area contributed by atoms with Gasteiger partial charge in [0, 0.05) is 45.3 Å². The van der Waals surface area contributed by atoms with Crippen LogP contribution in [0, 0.1) is 17.2 Å². The average Bonchev–Trinajstić information content (AvgIpc) is 3.58. The molecule has 21 heteroatoms. The number of aromatic nitrogens is 2. The molecule has 0 unspecified atom stereocenters. The van der Waals surface area contributed by atoms with Gasteiger partial charge < -0.3 is 26.2 Å². The molecule has 6 N–H and O–H groups in total. The third kappa shape index (κ3) is 12.3. The Bertz CT molecular complexity index is 1820. The SMILES string of the molecule is N#Cc1ccc(CCNC(=O)[C@@H]2CCCN2c2cc(N3CCC(CCNS(=O)(=O)CCNC(=O)[C@@H](N)CS(=O)(=O)O)CC3)nc(C(F)(F)F)n2)cc1. The van der Waals surface area contributed by atoms with Crippen LogP contribution in [0.4, 0.5) is 24.8 Å². The van der Waals surface area contributed by atoms with Crippen LogP contribution in [0.25, 0.3) is 0 Å². The first-order chi connectivity index (χ1) is 24.4. The quantitative estimate of drug-likeness (QED) is 0.147. The number of nitrogens with two attached hydrogens (primary N) is 1. The molecular weight excluding hydrogens is 732 g/mol. The monoisotopic (exact) mass is 773 g/mol. The molecule has 2 amide bonds. The van der Waals surface area contributed by atoms with E-state index in [0.717, 1.165) is 5.56 Å². The summed E-state index contributed by atoms with van der Waals surface area (Å²) >= 11 is 0. The lowest BCUT2D eigenvalue weighted by molar-refractivity contribution is -0.144. The van der Waals surface area contributed by atoms with Gasteiger partial charge in [-0.2, -0.15) is 26.9 Å². The minimum Gasteiger partial charge on any atom is -0.356 e. The summed E-state index contributed by atoms with van der Waals surface area (Å²) in [6.07, 6.45) is -1.72. The fourth-order valence-corrected chi connectivity index (χ4v) is 7.60. The van der Waals surface area contributed by atoms with Gasteiger partial charge in [-0.1, -0.05) is 12.1 Å². The van der Waals surface area contributed by atoms with E-state index in [1.54, 1.807) is 34.1 Å².